The van der Waals surface area contributed by atoms with Crippen molar-refractivity contribution in [3.63, 3.8) is 0 Å². The molecular weight excluding hydrogens is 602 g/mol. The number of esters is 2. The minimum atomic E-state index is -0.497. The van der Waals surface area contributed by atoms with E-state index in [0.29, 0.717) is 23.7 Å². The van der Waals surface area contributed by atoms with Crippen molar-refractivity contribution in [1.29, 1.82) is 0 Å². The van der Waals surface area contributed by atoms with Gasteiger partial charge in [-0.3, -0.25) is 9.59 Å². The Labute approximate surface area is 290 Å². The van der Waals surface area contributed by atoms with Gasteiger partial charge < -0.3 is 19.5 Å². The first-order valence-corrected chi connectivity index (χ1v) is 17.9. The Balaban J connectivity index is 0.00000252. The Kier molecular flexibility index (Phi) is 26.5. The first kappa shape index (κ1) is 43.9. The summed E-state index contributed by atoms with van der Waals surface area (Å²) in [6.07, 6.45) is 9.84. The molecule has 0 bridgehead atoms. The van der Waals surface area contributed by atoms with Crippen molar-refractivity contribution in [2.24, 2.45) is 5.92 Å². The van der Waals surface area contributed by atoms with Crippen LogP contribution in [0.2, 0.25) is 0 Å². The maximum atomic E-state index is 12.3. The zero-order chi connectivity index (χ0) is 36.0. The van der Waals surface area contributed by atoms with Crippen molar-refractivity contribution in [2.75, 3.05) is 13.2 Å². The van der Waals surface area contributed by atoms with Gasteiger partial charge in [0.25, 0.3) is 0 Å². The van der Waals surface area contributed by atoms with Crippen LogP contribution < -0.4 is 19.5 Å². The Hall–Kier alpha value is -4.13. The van der Waals surface area contributed by atoms with Crippen molar-refractivity contribution in [2.45, 2.75) is 113 Å². The van der Waals surface area contributed by atoms with E-state index in [1.54, 1.807) is 48.5 Å². The Morgan fingerprint density at radius 1 is 0.646 bits per heavy atom. The molecular formula is C41H61NO6. The largest absolute Gasteiger partial charge is 0.494 e. The molecule has 3 aromatic rings. The SMILES string of the molecule is CC.CC.CC(=O)Oc1ccc(C(=O)Oc2ccc(OCCCCCCCCNC(=O)C(C)Cc3ccccc3)cc2)cc1.CCCC. The highest BCUT2D eigenvalue weighted by Gasteiger charge is 2.13. The van der Waals surface area contributed by atoms with Gasteiger partial charge in [-0.15, -0.1) is 0 Å². The number of amides is 1. The van der Waals surface area contributed by atoms with E-state index >= 15 is 0 Å². The normalized spacial score (nSPS) is 10.3. The molecule has 7 nitrogen and oxygen atoms in total. The molecule has 1 N–H and O–H groups in total. The molecule has 0 aromatic heterocycles. The first-order chi connectivity index (χ1) is 23.3. The van der Waals surface area contributed by atoms with E-state index in [0.717, 1.165) is 57.2 Å². The third-order valence-electron chi connectivity index (χ3n) is 6.86. The van der Waals surface area contributed by atoms with Crippen LogP contribution in [-0.2, 0) is 16.0 Å². The highest BCUT2D eigenvalue weighted by Crippen LogP contribution is 2.20. The van der Waals surface area contributed by atoms with Crippen LogP contribution in [0, 0.1) is 5.92 Å². The number of nitrogens with one attached hydrogen (secondary N) is 1. The summed E-state index contributed by atoms with van der Waals surface area (Å²) < 4.78 is 16.2. The van der Waals surface area contributed by atoms with Crippen LogP contribution >= 0.6 is 0 Å². The molecule has 1 unspecified atom stereocenters. The maximum absolute atomic E-state index is 12.3. The molecule has 1 atom stereocenters. The Morgan fingerprint density at radius 3 is 1.71 bits per heavy atom. The summed E-state index contributed by atoms with van der Waals surface area (Å²) in [4.78, 5) is 35.6. The molecule has 0 aliphatic heterocycles. The predicted octanol–water partition coefficient (Wildman–Crippen LogP) is 10.4. The van der Waals surface area contributed by atoms with Gasteiger partial charge in [0.2, 0.25) is 5.91 Å². The molecule has 48 heavy (non-hydrogen) atoms. The van der Waals surface area contributed by atoms with Crippen molar-refractivity contribution < 1.29 is 28.6 Å². The lowest BCUT2D eigenvalue weighted by Gasteiger charge is -2.12. The number of unbranched alkanes of at least 4 members (excludes halogenated alkanes) is 6. The first-order valence-electron chi connectivity index (χ1n) is 17.9. The van der Waals surface area contributed by atoms with Crippen LogP contribution in [0.25, 0.3) is 0 Å². The lowest BCUT2D eigenvalue weighted by molar-refractivity contribution is -0.132. The smallest absolute Gasteiger partial charge is 0.343 e. The number of carbonyl (C=O) groups excluding carboxylic acids is 3. The lowest BCUT2D eigenvalue weighted by atomic mass is 10.0. The molecule has 0 aliphatic carbocycles. The molecule has 7 heteroatoms. The zero-order valence-electron chi connectivity index (χ0n) is 30.8. The third kappa shape index (κ3) is 20.9. The topological polar surface area (TPSA) is 90.9 Å². The summed E-state index contributed by atoms with van der Waals surface area (Å²) in [6.45, 7) is 17.0. The van der Waals surface area contributed by atoms with E-state index in [4.69, 9.17) is 14.2 Å². The summed E-state index contributed by atoms with van der Waals surface area (Å²) in [5, 5.41) is 3.06. The van der Waals surface area contributed by atoms with E-state index in [-0.39, 0.29) is 11.8 Å². The van der Waals surface area contributed by atoms with Gasteiger partial charge in [-0.1, -0.05) is 117 Å². The van der Waals surface area contributed by atoms with Gasteiger partial charge >= 0.3 is 11.9 Å². The number of ether oxygens (including phenoxy) is 3. The van der Waals surface area contributed by atoms with Crippen LogP contribution in [0.3, 0.4) is 0 Å². The molecule has 3 rings (SSSR count). The second kappa shape index (κ2) is 29.0. The summed E-state index contributed by atoms with van der Waals surface area (Å²) in [6, 6.07) is 23.2. The van der Waals surface area contributed by atoms with Gasteiger partial charge in [0.15, 0.2) is 0 Å². The van der Waals surface area contributed by atoms with E-state index in [2.05, 4.69) is 31.3 Å². The average Bonchev–Trinajstić information content (AvgIpc) is 3.12. The molecule has 266 valence electrons. The highest BCUT2D eigenvalue weighted by molar-refractivity contribution is 5.91. The van der Waals surface area contributed by atoms with Crippen LogP contribution in [-0.4, -0.2) is 31.0 Å². The van der Waals surface area contributed by atoms with Crippen LogP contribution in [0.4, 0.5) is 0 Å². The Morgan fingerprint density at radius 2 is 1.15 bits per heavy atom. The predicted molar refractivity (Wildman–Crippen MR) is 198 cm³/mol. The monoisotopic (exact) mass is 663 g/mol. The fraction of sp³-hybridized carbons (Fsp3) is 0.488. The standard InChI is InChI=1S/C33H39NO6.C4H10.2C2H6/c1-25(24-27-12-8-7-9-13-27)32(36)34-22-10-5-3-4-6-11-23-38-29-18-20-31(21-19-29)40-33(37)28-14-16-30(17-15-28)39-26(2)35;1-3-4-2;2*1-2/h7-9,12-21,25H,3-6,10-11,22-24H2,1-2H3,(H,34,36);3-4H2,1-2H3;2*1-2H3. The van der Waals surface area contributed by atoms with Crippen molar-refractivity contribution in [3.05, 3.63) is 90.0 Å². The van der Waals surface area contributed by atoms with E-state index in [9.17, 15) is 14.4 Å². The van der Waals surface area contributed by atoms with Gasteiger partial charge in [0, 0.05) is 19.4 Å². The highest BCUT2D eigenvalue weighted by atomic mass is 16.5. The molecule has 0 spiro atoms. The zero-order valence-corrected chi connectivity index (χ0v) is 30.8. The van der Waals surface area contributed by atoms with Gasteiger partial charge in [0.1, 0.15) is 17.2 Å². The van der Waals surface area contributed by atoms with Crippen molar-refractivity contribution in [1.82, 2.24) is 5.32 Å². The second-order valence-corrected chi connectivity index (χ2v) is 10.8. The Bertz CT molecular complexity index is 1220. The average molecular weight is 664 g/mol. The van der Waals surface area contributed by atoms with Crippen molar-refractivity contribution >= 4 is 17.8 Å². The molecule has 0 aliphatic rings. The minimum Gasteiger partial charge on any atom is -0.494 e. The number of hydrogen-bond acceptors (Lipinski definition) is 6. The fourth-order valence-corrected chi connectivity index (χ4v) is 4.17. The van der Waals surface area contributed by atoms with Gasteiger partial charge in [-0.2, -0.15) is 0 Å². The quantitative estimate of drug-likeness (QED) is 0.0878. The molecule has 3 aromatic carbocycles. The summed E-state index contributed by atoms with van der Waals surface area (Å²) in [5.41, 5.74) is 1.55. The third-order valence-corrected chi connectivity index (χ3v) is 6.86. The molecule has 1 amide bonds. The molecule has 0 saturated heterocycles. The lowest BCUT2D eigenvalue weighted by Crippen LogP contribution is -2.31. The maximum Gasteiger partial charge on any atom is 0.343 e. The number of carbonyl (C=O) groups is 3. The second-order valence-electron chi connectivity index (χ2n) is 10.8. The van der Waals surface area contributed by atoms with Crippen LogP contribution in [0.15, 0.2) is 78.9 Å². The summed E-state index contributed by atoms with van der Waals surface area (Å²) >= 11 is 0. The number of hydrogen-bond donors (Lipinski definition) is 1. The molecule has 0 heterocycles. The van der Waals surface area contributed by atoms with Crippen LogP contribution in [0.1, 0.15) is 123 Å². The minimum absolute atomic E-state index is 0.0207. The summed E-state index contributed by atoms with van der Waals surface area (Å²) in [7, 11) is 0. The molecule has 0 fully saturated rings. The number of rotatable bonds is 17. The molecule has 0 saturated carbocycles. The van der Waals surface area contributed by atoms with Gasteiger partial charge in [0.05, 0.1) is 12.2 Å². The van der Waals surface area contributed by atoms with E-state index in [1.807, 2.05) is 52.8 Å². The van der Waals surface area contributed by atoms with Crippen molar-refractivity contribution in [3.8, 4) is 17.2 Å². The van der Waals surface area contributed by atoms with Crippen LogP contribution in [0.5, 0.6) is 17.2 Å². The molecule has 0 radical (unpaired) electrons. The summed E-state index contributed by atoms with van der Waals surface area (Å²) in [5.74, 6) is 0.702. The fourth-order valence-electron chi connectivity index (χ4n) is 4.17. The van der Waals surface area contributed by atoms with Gasteiger partial charge in [-0.25, -0.2) is 4.79 Å². The van der Waals surface area contributed by atoms with Gasteiger partial charge in [-0.05, 0) is 73.4 Å². The van der Waals surface area contributed by atoms with E-state index < -0.39 is 11.9 Å². The number of benzene rings is 3. The van der Waals surface area contributed by atoms with E-state index in [1.165, 1.54) is 25.3 Å².